The van der Waals surface area contributed by atoms with Crippen LogP contribution < -0.4 is 9.47 Å². The molecule has 0 bridgehead atoms. The molecule has 33 heavy (non-hydrogen) atoms. The molecular formula is C27H50ClN3O2. The minimum Gasteiger partial charge on any atom is -0.463 e. The van der Waals surface area contributed by atoms with Crippen LogP contribution in [0.4, 0.5) is 0 Å². The SMILES string of the molecule is CCCCCCC(CCCC)COc1nc(Cl)nc(OCC(CCCC)CCCCCC)n1. The third kappa shape index (κ3) is 15.4. The van der Waals surface area contributed by atoms with E-state index in [1.54, 1.807) is 0 Å². The van der Waals surface area contributed by atoms with Crippen LogP contribution in [0.3, 0.4) is 0 Å². The van der Waals surface area contributed by atoms with Crippen molar-refractivity contribution in [3.63, 3.8) is 0 Å². The topological polar surface area (TPSA) is 57.1 Å². The summed E-state index contributed by atoms with van der Waals surface area (Å²) >= 11 is 6.16. The molecule has 0 aromatic carbocycles. The van der Waals surface area contributed by atoms with Gasteiger partial charge in [0.2, 0.25) is 5.28 Å². The molecule has 1 aromatic heterocycles. The molecule has 5 nitrogen and oxygen atoms in total. The minimum absolute atomic E-state index is 0.135. The third-order valence-electron chi connectivity index (χ3n) is 6.33. The Bertz CT molecular complexity index is 542. The van der Waals surface area contributed by atoms with Gasteiger partial charge in [-0.25, -0.2) is 0 Å². The molecular weight excluding hydrogens is 434 g/mol. The highest BCUT2D eigenvalue weighted by Crippen LogP contribution is 2.22. The van der Waals surface area contributed by atoms with E-state index in [4.69, 9.17) is 21.1 Å². The van der Waals surface area contributed by atoms with Gasteiger partial charge in [0.15, 0.2) is 0 Å². The molecule has 0 amide bonds. The second-order valence-corrected chi connectivity index (χ2v) is 9.84. The van der Waals surface area contributed by atoms with Gasteiger partial charge in [0.05, 0.1) is 13.2 Å². The number of hydrogen-bond donors (Lipinski definition) is 0. The molecule has 1 heterocycles. The van der Waals surface area contributed by atoms with E-state index in [9.17, 15) is 0 Å². The molecule has 0 aliphatic rings. The highest BCUT2D eigenvalue weighted by atomic mass is 35.5. The van der Waals surface area contributed by atoms with Crippen LogP contribution in [0.15, 0.2) is 0 Å². The lowest BCUT2D eigenvalue weighted by Gasteiger charge is -2.18. The summed E-state index contributed by atoms with van der Waals surface area (Å²) in [4.78, 5) is 12.8. The van der Waals surface area contributed by atoms with Crippen molar-refractivity contribution in [2.45, 2.75) is 130 Å². The molecule has 0 radical (unpaired) electrons. The van der Waals surface area contributed by atoms with E-state index >= 15 is 0 Å². The average Bonchev–Trinajstić information content (AvgIpc) is 2.81. The first-order valence-electron chi connectivity index (χ1n) is 13.8. The smallest absolute Gasteiger partial charge is 0.323 e. The average molecular weight is 484 g/mol. The van der Waals surface area contributed by atoms with Gasteiger partial charge in [-0.05, 0) is 49.1 Å². The molecule has 192 valence electrons. The molecule has 0 N–H and O–H groups in total. The summed E-state index contributed by atoms with van der Waals surface area (Å²) in [6, 6.07) is 0.571. The van der Waals surface area contributed by atoms with Crippen molar-refractivity contribution in [2.75, 3.05) is 13.2 Å². The first-order chi connectivity index (χ1) is 16.1. The monoisotopic (exact) mass is 483 g/mol. The van der Waals surface area contributed by atoms with Gasteiger partial charge in [-0.1, -0.05) is 105 Å². The van der Waals surface area contributed by atoms with Crippen molar-refractivity contribution in [3.05, 3.63) is 5.28 Å². The molecule has 0 saturated heterocycles. The van der Waals surface area contributed by atoms with E-state index in [1.165, 1.54) is 103 Å². The Labute approximate surface area is 208 Å². The second kappa shape index (κ2) is 20.3. The molecule has 0 spiro atoms. The van der Waals surface area contributed by atoms with Crippen LogP contribution in [0.25, 0.3) is 0 Å². The molecule has 1 rings (SSSR count). The minimum atomic E-state index is 0.135. The Kier molecular flexibility index (Phi) is 18.4. The van der Waals surface area contributed by atoms with Gasteiger partial charge < -0.3 is 9.47 Å². The number of halogens is 1. The second-order valence-electron chi connectivity index (χ2n) is 9.51. The number of nitrogens with zero attached hydrogens (tertiary/aromatic N) is 3. The van der Waals surface area contributed by atoms with Gasteiger partial charge in [-0.15, -0.1) is 4.98 Å². The van der Waals surface area contributed by atoms with Crippen molar-refractivity contribution in [3.8, 4) is 12.0 Å². The standard InChI is InChI=1S/C27H50ClN3O2/c1-5-9-13-15-19-23(17-11-7-3)21-32-26-29-25(28)30-27(31-26)33-22-24(18-12-8-4)20-16-14-10-6-2/h23-24H,5-22H2,1-4H3. The largest absolute Gasteiger partial charge is 0.463 e. The fourth-order valence-electron chi connectivity index (χ4n) is 4.16. The third-order valence-corrected chi connectivity index (χ3v) is 6.50. The number of rotatable bonds is 22. The van der Waals surface area contributed by atoms with Gasteiger partial charge in [-0.3, -0.25) is 0 Å². The van der Waals surface area contributed by atoms with E-state index in [2.05, 4.69) is 42.6 Å². The molecule has 1 aromatic rings. The quantitative estimate of drug-likeness (QED) is 0.154. The van der Waals surface area contributed by atoms with Gasteiger partial charge >= 0.3 is 12.0 Å². The fourth-order valence-corrected chi connectivity index (χ4v) is 4.30. The van der Waals surface area contributed by atoms with Crippen LogP contribution in [0.1, 0.15) is 130 Å². The van der Waals surface area contributed by atoms with Gasteiger partial charge in [0.1, 0.15) is 0 Å². The van der Waals surface area contributed by atoms with E-state index in [0.29, 0.717) is 25.0 Å². The van der Waals surface area contributed by atoms with Crippen LogP contribution in [-0.4, -0.2) is 28.2 Å². The number of hydrogen-bond acceptors (Lipinski definition) is 5. The normalized spacial score (nSPS) is 13.1. The summed E-state index contributed by atoms with van der Waals surface area (Å²) in [5.74, 6) is 1.06. The van der Waals surface area contributed by atoms with Crippen LogP contribution in [0, 0.1) is 11.8 Å². The van der Waals surface area contributed by atoms with E-state index in [1.807, 2.05) is 0 Å². The highest BCUT2D eigenvalue weighted by molar-refractivity contribution is 6.28. The van der Waals surface area contributed by atoms with Crippen molar-refractivity contribution in [1.82, 2.24) is 15.0 Å². The predicted octanol–water partition coefficient (Wildman–Crippen LogP) is 8.84. The van der Waals surface area contributed by atoms with Crippen molar-refractivity contribution in [2.24, 2.45) is 11.8 Å². The zero-order valence-electron chi connectivity index (χ0n) is 21.9. The van der Waals surface area contributed by atoms with Crippen molar-refractivity contribution < 1.29 is 9.47 Å². The first-order valence-corrected chi connectivity index (χ1v) is 14.2. The molecule has 2 atom stereocenters. The van der Waals surface area contributed by atoms with Crippen LogP contribution in [-0.2, 0) is 0 Å². The lowest BCUT2D eigenvalue weighted by molar-refractivity contribution is 0.191. The molecule has 0 saturated carbocycles. The number of aromatic nitrogens is 3. The van der Waals surface area contributed by atoms with Gasteiger partial charge in [0.25, 0.3) is 0 Å². The molecule has 0 aliphatic heterocycles. The fraction of sp³-hybridized carbons (Fsp3) is 0.889. The molecule has 6 heteroatoms. The number of ether oxygens (including phenoxy) is 2. The summed E-state index contributed by atoms with van der Waals surface area (Å²) in [5.41, 5.74) is 0. The Morgan fingerprint density at radius 2 is 0.939 bits per heavy atom. The summed E-state index contributed by atoms with van der Waals surface area (Å²) in [6.45, 7) is 10.2. The Morgan fingerprint density at radius 1 is 0.545 bits per heavy atom. The first kappa shape index (κ1) is 29.9. The lowest BCUT2D eigenvalue weighted by atomic mass is 9.96. The summed E-state index contributed by atoms with van der Waals surface area (Å²) in [7, 11) is 0. The Hall–Kier alpha value is -1.10. The highest BCUT2D eigenvalue weighted by Gasteiger charge is 2.15. The zero-order valence-corrected chi connectivity index (χ0v) is 22.7. The van der Waals surface area contributed by atoms with Crippen molar-refractivity contribution >= 4 is 11.6 Å². The zero-order chi connectivity index (χ0) is 24.2. The summed E-state index contributed by atoms with van der Waals surface area (Å²) < 4.78 is 12.0. The molecule has 0 aliphatic carbocycles. The van der Waals surface area contributed by atoms with E-state index < -0.39 is 0 Å². The maximum absolute atomic E-state index is 6.16. The van der Waals surface area contributed by atoms with Crippen LogP contribution >= 0.6 is 11.6 Å². The lowest BCUT2D eigenvalue weighted by Crippen LogP contribution is -2.16. The summed E-state index contributed by atoms with van der Waals surface area (Å²) in [6.07, 6.45) is 19.9. The van der Waals surface area contributed by atoms with E-state index in [-0.39, 0.29) is 17.3 Å². The van der Waals surface area contributed by atoms with Crippen molar-refractivity contribution in [1.29, 1.82) is 0 Å². The molecule has 2 unspecified atom stereocenters. The number of unbranched alkanes of at least 4 members (excludes halogenated alkanes) is 8. The Morgan fingerprint density at radius 3 is 1.33 bits per heavy atom. The van der Waals surface area contributed by atoms with Gasteiger partial charge in [-0.2, -0.15) is 9.97 Å². The maximum atomic E-state index is 6.16. The van der Waals surface area contributed by atoms with Crippen LogP contribution in [0.2, 0.25) is 5.28 Å². The predicted molar refractivity (Wildman–Crippen MR) is 139 cm³/mol. The maximum Gasteiger partial charge on any atom is 0.323 e. The Balaban J connectivity index is 2.60. The van der Waals surface area contributed by atoms with Gasteiger partial charge in [0, 0.05) is 0 Å². The molecule has 0 fully saturated rings. The van der Waals surface area contributed by atoms with E-state index in [0.717, 1.165) is 0 Å². The summed E-state index contributed by atoms with van der Waals surface area (Å²) in [5, 5.41) is 0.135. The van der Waals surface area contributed by atoms with Crippen LogP contribution in [0.5, 0.6) is 12.0 Å².